The lowest BCUT2D eigenvalue weighted by Crippen LogP contribution is -2.31. The summed E-state index contributed by atoms with van der Waals surface area (Å²) < 4.78 is 0. The fourth-order valence-corrected chi connectivity index (χ4v) is 3.59. The molecule has 1 amide bonds. The molecule has 1 aromatic carbocycles. The van der Waals surface area contributed by atoms with Crippen molar-refractivity contribution in [3.8, 4) is 0 Å². The van der Waals surface area contributed by atoms with E-state index in [2.05, 4.69) is 10.6 Å². The van der Waals surface area contributed by atoms with E-state index in [9.17, 15) is 14.9 Å². The molecular weight excluding hydrogens is 332 g/mol. The molecule has 2 N–H and O–H groups in total. The van der Waals surface area contributed by atoms with E-state index in [0.29, 0.717) is 29.1 Å². The van der Waals surface area contributed by atoms with E-state index in [1.54, 1.807) is 12.1 Å². The number of nitro benzene ring substituents is 1. The molecule has 1 aliphatic carbocycles. The van der Waals surface area contributed by atoms with Crippen molar-refractivity contribution in [1.82, 2.24) is 10.2 Å². The molecule has 4 rings (SSSR count). The van der Waals surface area contributed by atoms with Gasteiger partial charge in [0.25, 0.3) is 11.6 Å². The number of anilines is 1. The standard InChI is InChI=1S/C16H20N4O3.ClH/c21-16(19-8-11-6-17-7-12(11)9-19)10-1-4-14(18-13-2-3-13)15(5-10)20(22)23;/h1,4-5,11-13,17-18H,2-3,6-9H2;1H/t11-,12+;. The van der Waals surface area contributed by atoms with E-state index in [0.717, 1.165) is 39.0 Å². The zero-order chi connectivity index (χ0) is 16.0. The predicted octanol–water partition coefficient (Wildman–Crippen LogP) is 1.88. The van der Waals surface area contributed by atoms with E-state index < -0.39 is 4.92 Å². The summed E-state index contributed by atoms with van der Waals surface area (Å²) in [5.41, 5.74) is 0.909. The molecule has 3 fully saturated rings. The molecule has 0 unspecified atom stereocenters. The van der Waals surface area contributed by atoms with Gasteiger partial charge in [-0.25, -0.2) is 0 Å². The lowest BCUT2D eigenvalue weighted by atomic mass is 10.0. The molecule has 2 aliphatic heterocycles. The van der Waals surface area contributed by atoms with Crippen LogP contribution in [0.3, 0.4) is 0 Å². The van der Waals surface area contributed by atoms with Crippen LogP contribution in [-0.4, -0.2) is 48.0 Å². The molecule has 0 bridgehead atoms. The topological polar surface area (TPSA) is 87.5 Å². The lowest BCUT2D eigenvalue weighted by molar-refractivity contribution is -0.384. The zero-order valence-corrected chi connectivity index (χ0v) is 14.1. The first-order valence-corrected chi connectivity index (χ1v) is 8.17. The number of nitrogens with one attached hydrogen (secondary N) is 2. The van der Waals surface area contributed by atoms with E-state index in [1.807, 2.05) is 4.90 Å². The first-order valence-electron chi connectivity index (χ1n) is 8.17. The number of likely N-dealkylation sites (tertiary alicyclic amines) is 1. The van der Waals surface area contributed by atoms with Gasteiger partial charge in [0.05, 0.1) is 4.92 Å². The second-order valence-electron chi connectivity index (χ2n) is 6.80. The Balaban J connectivity index is 0.00000169. The maximum Gasteiger partial charge on any atom is 0.293 e. The molecule has 24 heavy (non-hydrogen) atoms. The summed E-state index contributed by atoms with van der Waals surface area (Å²) in [6, 6.07) is 5.12. The normalized spacial score (nSPS) is 25.1. The molecule has 8 heteroatoms. The molecule has 1 aromatic rings. The minimum atomic E-state index is -0.413. The van der Waals surface area contributed by atoms with Crippen LogP contribution < -0.4 is 10.6 Å². The average Bonchev–Trinajstić information content (AvgIpc) is 3.08. The highest BCUT2D eigenvalue weighted by atomic mass is 35.5. The van der Waals surface area contributed by atoms with Crippen molar-refractivity contribution in [1.29, 1.82) is 0 Å². The molecule has 0 spiro atoms. The molecular formula is C16H21ClN4O3. The van der Waals surface area contributed by atoms with Gasteiger partial charge in [0.1, 0.15) is 5.69 Å². The quantitative estimate of drug-likeness (QED) is 0.638. The van der Waals surface area contributed by atoms with Gasteiger partial charge in [-0.15, -0.1) is 12.4 Å². The Hall–Kier alpha value is -1.86. The lowest BCUT2D eigenvalue weighted by Gasteiger charge is -2.18. The second kappa shape index (κ2) is 6.57. The number of carbonyl (C=O) groups is 1. The van der Waals surface area contributed by atoms with Crippen molar-refractivity contribution < 1.29 is 9.72 Å². The van der Waals surface area contributed by atoms with Crippen LogP contribution in [-0.2, 0) is 0 Å². The van der Waals surface area contributed by atoms with Gasteiger partial charge in [0.2, 0.25) is 0 Å². The number of nitrogens with zero attached hydrogens (tertiary/aromatic N) is 2. The van der Waals surface area contributed by atoms with Crippen LogP contribution in [0.1, 0.15) is 23.2 Å². The fraction of sp³-hybridized carbons (Fsp3) is 0.562. The number of amides is 1. The van der Waals surface area contributed by atoms with Crippen molar-refractivity contribution >= 4 is 29.7 Å². The molecule has 1 saturated carbocycles. The minimum absolute atomic E-state index is 0. The van der Waals surface area contributed by atoms with E-state index in [4.69, 9.17) is 0 Å². The van der Waals surface area contributed by atoms with Gasteiger partial charge in [-0.1, -0.05) is 0 Å². The first kappa shape index (κ1) is 17.0. The highest BCUT2D eigenvalue weighted by Gasteiger charge is 2.38. The van der Waals surface area contributed by atoms with Crippen molar-refractivity contribution in [2.45, 2.75) is 18.9 Å². The molecule has 2 saturated heterocycles. The van der Waals surface area contributed by atoms with Crippen LogP contribution in [0.25, 0.3) is 0 Å². The Bertz CT molecular complexity index is 653. The number of nitro groups is 1. The maximum atomic E-state index is 12.7. The summed E-state index contributed by atoms with van der Waals surface area (Å²) >= 11 is 0. The van der Waals surface area contributed by atoms with Gasteiger partial charge in [-0.2, -0.15) is 0 Å². The van der Waals surface area contributed by atoms with Crippen molar-refractivity contribution in [3.63, 3.8) is 0 Å². The first-order chi connectivity index (χ1) is 11.1. The smallest absolute Gasteiger partial charge is 0.293 e. The van der Waals surface area contributed by atoms with Gasteiger partial charge >= 0.3 is 0 Å². The fourth-order valence-electron chi connectivity index (χ4n) is 3.59. The number of benzene rings is 1. The predicted molar refractivity (Wildman–Crippen MR) is 92.7 cm³/mol. The molecule has 3 aliphatic rings. The van der Waals surface area contributed by atoms with Gasteiger partial charge in [-0.05, 0) is 36.8 Å². The van der Waals surface area contributed by atoms with Crippen molar-refractivity contribution in [3.05, 3.63) is 33.9 Å². The number of hydrogen-bond acceptors (Lipinski definition) is 5. The highest BCUT2D eigenvalue weighted by molar-refractivity contribution is 5.96. The number of rotatable bonds is 4. The van der Waals surface area contributed by atoms with E-state index in [1.165, 1.54) is 6.07 Å². The maximum absolute atomic E-state index is 12.7. The Morgan fingerprint density at radius 1 is 1.25 bits per heavy atom. The summed E-state index contributed by atoms with van der Waals surface area (Å²) in [4.78, 5) is 25.4. The third-order valence-electron chi connectivity index (χ3n) is 5.06. The summed E-state index contributed by atoms with van der Waals surface area (Å²) in [7, 11) is 0. The largest absolute Gasteiger partial charge is 0.377 e. The van der Waals surface area contributed by atoms with Crippen LogP contribution in [0.4, 0.5) is 11.4 Å². The summed E-state index contributed by atoms with van der Waals surface area (Å²) in [6.45, 7) is 3.40. The SMILES string of the molecule is Cl.O=C(c1ccc(NC2CC2)c([N+](=O)[O-])c1)N1C[C@H]2CNC[C@H]2C1. The Kier molecular flexibility index (Phi) is 4.64. The Labute approximate surface area is 146 Å². The van der Waals surface area contributed by atoms with Crippen LogP contribution in [0.15, 0.2) is 18.2 Å². The van der Waals surface area contributed by atoms with Gasteiger partial charge in [0, 0.05) is 43.9 Å². The minimum Gasteiger partial charge on any atom is -0.377 e. The highest BCUT2D eigenvalue weighted by Crippen LogP contribution is 2.33. The molecule has 2 heterocycles. The number of hydrogen-bond donors (Lipinski definition) is 2. The van der Waals surface area contributed by atoms with E-state index in [-0.39, 0.29) is 24.0 Å². The number of carbonyl (C=O) groups excluding carboxylic acids is 1. The number of fused-ring (bicyclic) bond motifs is 1. The van der Waals surface area contributed by atoms with Gasteiger partial charge in [0.15, 0.2) is 0 Å². The third kappa shape index (κ3) is 3.18. The van der Waals surface area contributed by atoms with Crippen molar-refractivity contribution in [2.75, 3.05) is 31.5 Å². The van der Waals surface area contributed by atoms with Crippen molar-refractivity contribution in [2.24, 2.45) is 11.8 Å². The molecule has 2 atom stereocenters. The van der Waals surface area contributed by atoms with E-state index >= 15 is 0 Å². The molecule has 7 nitrogen and oxygen atoms in total. The number of halogens is 1. The van der Waals surface area contributed by atoms with Crippen LogP contribution in [0, 0.1) is 22.0 Å². The monoisotopic (exact) mass is 352 g/mol. The summed E-state index contributed by atoms with van der Waals surface area (Å²) in [5.74, 6) is 0.940. The third-order valence-corrected chi connectivity index (χ3v) is 5.06. The Morgan fingerprint density at radius 3 is 2.50 bits per heavy atom. The van der Waals surface area contributed by atoms with Gasteiger partial charge < -0.3 is 15.5 Å². The average molecular weight is 353 g/mol. The van der Waals surface area contributed by atoms with Crippen LogP contribution >= 0.6 is 12.4 Å². The molecule has 0 radical (unpaired) electrons. The summed E-state index contributed by atoms with van der Waals surface area (Å²) in [6.07, 6.45) is 2.09. The van der Waals surface area contributed by atoms with Crippen LogP contribution in [0.5, 0.6) is 0 Å². The van der Waals surface area contributed by atoms with Crippen LogP contribution in [0.2, 0.25) is 0 Å². The second-order valence-corrected chi connectivity index (χ2v) is 6.80. The van der Waals surface area contributed by atoms with Gasteiger partial charge in [-0.3, -0.25) is 14.9 Å². The molecule has 0 aromatic heterocycles. The Morgan fingerprint density at radius 2 is 1.92 bits per heavy atom. The molecule has 130 valence electrons. The summed E-state index contributed by atoms with van der Waals surface area (Å²) in [5, 5.41) is 17.8. The zero-order valence-electron chi connectivity index (χ0n) is 13.2.